The van der Waals surface area contributed by atoms with E-state index in [1.54, 1.807) is 6.07 Å². The average molecular weight is 279 g/mol. The number of rotatable bonds is 2. The number of carbonyl (C=O) groups excluding carboxylic acids is 1. The van der Waals surface area contributed by atoms with Gasteiger partial charge in [0.15, 0.2) is 0 Å². The lowest BCUT2D eigenvalue weighted by molar-refractivity contribution is 0.1000. The number of nitrogens with two attached hydrogens (primary N) is 1. The number of nitrogens with zero attached hydrogens (tertiary/aromatic N) is 2. The summed E-state index contributed by atoms with van der Waals surface area (Å²) in [5.41, 5.74) is 5.59. The molecule has 0 aromatic carbocycles. The fourth-order valence-electron chi connectivity index (χ4n) is 1.61. The summed E-state index contributed by atoms with van der Waals surface area (Å²) in [4.78, 5) is 17.2. The molecule has 7 heteroatoms. The number of hydrogen-bond acceptors (Lipinski definition) is 4. The molecule has 5 nitrogen and oxygen atoms in total. The normalized spacial score (nSPS) is 14.5. The Bertz CT molecular complexity index is 352. The van der Waals surface area contributed by atoms with E-state index in [9.17, 15) is 4.79 Å². The van der Waals surface area contributed by atoms with Crippen LogP contribution in [0.4, 0.5) is 5.82 Å². The number of piperazine rings is 1. The summed E-state index contributed by atoms with van der Waals surface area (Å²) in [6.45, 7) is 3.84. The maximum Gasteiger partial charge on any atom is 0.250 e. The van der Waals surface area contributed by atoms with Crippen molar-refractivity contribution in [1.29, 1.82) is 0 Å². The van der Waals surface area contributed by atoms with Gasteiger partial charge in [0.05, 0.1) is 5.56 Å². The molecule has 0 saturated carbocycles. The van der Waals surface area contributed by atoms with Gasteiger partial charge in [-0.05, 0) is 12.1 Å². The minimum Gasteiger partial charge on any atom is -0.366 e. The lowest BCUT2D eigenvalue weighted by Gasteiger charge is -2.28. The van der Waals surface area contributed by atoms with E-state index in [0.717, 1.165) is 32.0 Å². The highest BCUT2D eigenvalue weighted by Gasteiger charge is 2.11. The number of hydrogen-bond donors (Lipinski definition) is 2. The molecule has 1 saturated heterocycles. The van der Waals surface area contributed by atoms with Gasteiger partial charge in [-0.3, -0.25) is 4.79 Å². The van der Waals surface area contributed by atoms with Crippen molar-refractivity contribution in [2.24, 2.45) is 5.73 Å². The van der Waals surface area contributed by atoms with Gasteiger partial charge in [-0.1, -0.05) is 0 Å². The van der Waals surface area contributed by atoms with E-state index in [4.69, 9.17) is 5.73 Å². The third-order valence-corrected chi connectivity index (χ3v) is 2.47. The zero-order valence-electron chi connectivity index (χ0n) is 9.26. The maximum atomic E-state index is 10.8. The van der Waals surface area contributed by atoms with Crippen LogP contribution in [-0.4, -0.2) is 37.1 Å². The maximum absolute atomic E-state index is 10.8. The second kappa shape index (κ2) is 7.32. The number of carbonyl (C=O) groups is 1. The summed E-state index contributed by atoms with van der Waals surface area (Å²) < 4.78 is 0. The summed E-state index contributed by atoms with van der Waals surface area (Å²) in [5.74, 6) is 0.468. The van der Waals surface area contributed by atoms with Crippen LogP contribution in [0.15, 0.2) is 18.3 Å². The molecule has 3 N–H and O–H groups in total. The first-order valence-electron chi connectivity index (χ1n) is 4.99. The van der Waals surface area contributed by atoms with Gasteiger partial charge in [-0.25, -0.2) is 4.98 Å². The molecule has 1 aliphatic rings. The van der Waals surface area contributed by atoms with Crippen LogP contribution in [0.2, 0.25) is 0 Å². The molecular formula is C10H16Cl2N4O. The van der Waals surface area contributed by atoms with E-state index in [0.29, 0.717) is 5.56 Å². The van der Waals surface area contributed by atoms with E-state index >= 15 is 0 Å². The molecule has 96 valence electrons. The van der Waals surface area contributed by atoms with Gasteiger partial charge in [-0.2, -0.15) is 0 Å². The summed E-state index contributed by atoms with van der Waals surface area (Å²) in [5, 5.41) is 3.27. The number of nitrogens with one attached hydrogen (secondary N) is 1. The van der Waals surface area contributed by atoms with Crippen molar-refractivity contribution >= 4 is 36.5 Å². The SMILES string of the molecule is Cl.Cl.NC(=O)c1ccc(N2CCNCC2)nc1. The summed E-state index contributed by atoms with van der Waals surface area (Å²) in [6.07, 6.45) is 1.53. The molecule has 1 aromatic rings. The van der Waals surface area contributed by atoms with Gasteiger partial charge in [-0.15, -0.1) is 24.8 Å². The largest absolute Gasteiger partial charge is 0.366 e. The molecule has 1 fully saturated rings. The first-order chi connectivity index (χ1) is 7.27. The van der Waals surface area contributed by atoms with Crippen molar-refractivity contribution in [1.82, 2.24) is 10.3 Å². The highest BCUT2D eigenvalue weighted by Crippen LogP contribution is 2.11. The van der Waals surface area contributed by atoms with E-state index in [2.05, 4.69) is 15.2 Å². The van der Waals surface area contributed by atoms with Crippen LogP contribution in [0, 0.1) is 0 Å². The van der Waals surface area contributed by atoms with Gasteiger partial charge < -0.3 is 16.0 Å². The van der Waals surface area contributed by atoms with E-state index in [-0.39, 0.29) is 24.8 Å². The predicted molar refractivity (Wildman–Crippen MR) is 72.3 cm³/mol. The van der Waals surface area contributed by atoms with Crippen molar-refractivity contribution in [3.05, 3.63) is 23.9 Å². The Morgan fingerprint density at radius 1 is 1.29 bits per heavy atom. The van der Waals surface area contributed by atoms with Crippen molar-refractivity contribution < 1.29 is 4.79 Å². The lowest BCUT2D eigenvalue weighted by Crippen LogP contribution is -2.43. The first kappa shape index (κ1) is 16.0. The fraction of sp³-hybridized carbons (Fsp3) is 0.400. The summed E-state index contributed by atoms with van der Waals surface area (Å²) >= 11 is 0. The van der Waals surface area contributed by atoms with Gasteiger partial charge in [0.1, 0.15) is 5.82 Å². The monoisotopic (exact) mass is 278 g/mol. The molecule has 1 aliphatic heterocycles. The first-order valence-corrected chi connectivity index (χ1v) is 4.99. The third kappa shape index (κ3) is 4.03. The highest BCUT2D eigenvalue weighted by molar-refractivity contribution is 5.92. The average Bonchev–Trinajstić information content (AvgIpc) is 2.30. The van der Waals surface area contributed by atoms with Crippen LogP contribution in [0.5, 0.6) is 0 Å². The Kier molecular flexibility index (Phi) is 6.87. The number of halogens is 2. The Morgan fingerprint density at radius 3 is 2.41 bits per heavy atom. The molecule has 0 radical (unpaired) electrons. The highest BCUT2D eigenvalue weighted by atomic mass is 35.5. The van der Waals surface area contributed by atoms with Crippen LogP contribution >= 0.6 is 24.8 Å². The van der Waals surface area contributed by atoms with Crippen molar-refractivity contribution in [2.75, 3.05) is 31.1 Å². The third-order valence-electron chi connectivity index (χ3n) is 2.47. The Hall–Kier alpha value is -1.04. The second-order valence-electron chi connectivity index (χ2n) is 3.51. The molecule has 0 atom stereocenters. The fourth-order valence-corrected chi connectivity index (χ4v) is 1.61. The minimum absolute atomic E-state index is 0. The van der Waals surface area contributed by atoms with Gasteiger partial charge in [0, 0.05) is 32.4 Å². The standard InChI is InChI=1S/C10H14N4O.2ClH/c11-10(15)8-1-2-9(13-7-8)14-5-3-12-4-6-14;;/h1-2,7,12H,3-6H2,(H2,11,15);2*1H. The number of amides is 1. The molecule has 0 unspecified atom stereocenters. The Balaban J connectivity index is 0.00000128. The van der Waals surface area contributed by atoms with Gasteiger partial charge in [0.2, 0.25) is 5.91 Å². The number of pyridine rings is 1. The molecule has 2 rings (SSSR count). The van der Waals surface area contributed by atoms with Crippen molar-refractivity contribution in [2.45, 2.75) is 0 Å². The molecule has 0 bridgehead atoms. The summed E-state index contributed by atoms with van der Waals surface area (Å²) in [7, 11) is 0. The van der Waals surface area contributed by atoms with E-state index < -0.39 is 5.91 Å². The van der Waals surface area contributed by atoms with Crippen LogP contribution in [-0.2, 0) is 0 Å². The van der Waals surface area contributed by atoms with Crippen LogP contribution < -0.4 is 16.0 Å². The predicted octanol–water partition coefficient (Wildman–Crippen LogP) is 0.434. The van der Waals surface area contributed by atoms with Crippen molar-refractivity contribution in [3.63, 3.8) is 0 Å². The molecule has 17 heavy (non-hydrogen) atoms. The van der Waals surface area contributed by atoms with Gasteiger partial charge in [0.25, 0.3) is 0 Å². The van der Waals surface area contributed by atoms with Crippen molar-refractivity contribution in [3.8, 4) is 0 Å². The second-order valence-corrected chi connectivity index (χ2v) is 3.51. The quantitative estimate of drug-likeness (QED) is 0.823. The summed E-state index contributed by atoms with van der Waals surface area (Å²) in [6, 6.07) is 3.55. The zero-order valence-corrected chi connectivity index (χ0v) is 10.9. The molecule has 0 spiro atoms. The number of anilines is 1. The molecule has 2 heterocycles. The van der Waals surface area contributed by atoms with Gasteiger partial charge >= 0.3 is 0 Å². The topological polar surface area (TPSA) is 71.2 Å². The Morgan fingerprint density at radius 2 is 1.94 bits per heavy atom. The molecule has 0 aliphatic carbocycles. The smallest absolute Gasteiger partial charge is 0.250 e. The van der Waals surface area contributed by atoms with Crippen LogP contribution in [0.1, 0.15) is 10.4 Å². The minimum atomic E-state index is -0.436. The zero-order chi connectivity index (χ0) is 10.7. The molecule has 1 amide bonds. The Labute approximate surface area is 113 Å². The van der Waals surface area contributed by atoms with Crippen LogP contribution in [0.3, 0.4) is 0 Å². The molecular weight excluding hydrogens is 263 g/mol. The number of aromatic nitrogens is 1. The van der Waals surface area contributed by atoms with E-state index in [1.807, 2.05) is 6.07 Å². The van der Waals surface area contributed by atoms with Crippen LogP contribution in [0.25, 0.3) is 0 Å². The van der Waals surface area contributed by atoms with E-state index in [1.165, 1.54) is 6.20 Å². The number of primary amides is 1. The lowest BCUT2D eigenvalue weighted by atomic mass is 10.2. The molecule has 1 aromatic heterocycles.